The van der Waals surface area contributed by atoms with Crippen LogP contribution in [0.15, 0.2) is 21.6 Å². The van der Waals surface area contributed by atoms with Crippen molar-refractivity contribution in [3.8, 4) is 11.5 Å². The van der Waals surface area contributed by atoms with Gasteiger partial charge in [-0.05, 0) is 59.3 Å². The van der Waals surface area contributed by atoms with Crippen molar-refractivity contribution in [2.24, 2.45) is 4.99 Å². The minimum absolute atomic E-state index is 0.268. The monoisotopic (exact) mass is 325 g/mol. The van der Waals surface area contributed by atoms with Crippen LogP contribution in [0.4, 0.5) is 0 Å². The summed E-state index contributed by atoms with van der Waals surface area (Å²) in [5.74, 6) is 1.39. The van der Waals surface area contributed by atoms with E-state index in [1.807, 2.05) is 12.1 Å². The van der Waals surface area contributed by atoms with Gasteiger partial charge in [0.25, 0.3) is 0 Å². The first kappa shape index (κ1) is 14.1. The summed E-state index contributed by atoms with van der Waals surface area (Å²) >= 11 is 3.49. The third kappa shape index (κ3) is 3.58. The van der Waals surface area contributed by atoms with Crippen LogP contribution in [0.25, 0.3) is 0 Å². The fourth-order valence-corrected chi connectivity index (χ4v) is 2.86. The van der Waals surface area contributed by atoms with Gasteiger partial charge >= 0.3 is 0 Å². The van der Waals surface area contributed by atoms with Crippen LogP contribution in [0.5, 0.6) is 11.5 Å². The van der Waals surface area contributed by atoms with Gasteiger partial charge in [-0.2, -0.15) is 0 Å². The molecule has 4 nitrogen and oxygen atoms in total. The van der Waals surface area contributed by atoms with Crippen LogP contribution in [-0.4, -0.2) is 19.3 Å². The number of aliphatic imine (C=N–C) groups is 1. The fraction of sp³-hybridized carbons (Fsp3) is 0.500. The zero-order chi connectivity index (χ0) is 13.7. The van der Waals surface area contributed by atoms with Crippen LogP contribution in [0.1, 0.15) is 31.2 Å². The van der Waals surface area contributed by atoms with Gasteiger partial charge in [0.15, 0.2) is 11.5 Å². The van der Waals surface area contributed by atoms with Crippen molar-refractivity contribution in [3.63, 3.8) is 0 Å². The predicted molar refractivity (Wildman–Crippen MR) is 75.4 cm³/mol. The molecule has 0 N–H and O–H groups in total. The quantitative estimate of drug-likeness (QED) is 0.613. The summed E-state index contributed by atoms with van der Waals surface area (Å²) in [4.78, 5) is 13.7. The Labute approximate surface area is 120 Å². The lowest BCUT2D eigenvalue weighted by Gasteiger charge is -2.18. The Bertz CT molecular complexity index is 492. The van der Waals surface area contributed by atoms with Crippen molar-refractivity contribution < 1.29 is 14.3 Å². The van der Waals surface area contributed by atoms with Crippen LogP contribution in [0.3, 0.4) is 0 Å². The van der Waals surface area contributed by atoms with Gasteiger partial charge in [0.1, 0.15) is 0 Å². The van der Waals surface area contributed by atoms with E-state index < -0.39 is 0 Å². The number of halogens is 1. The Hall–Kier alpha value is -1.32. The number of nitrogens with zero attached hydrogens (tertiary/aromatic N) is 1. The molecule has 2 rings (SSSR count). The smallest absolute Gasteiger partial charge is 0.235 e. The molecule has 0 aliphatic heterocycles. The minimum Gasteiger partial charge on any atom is -0.493 e. The lowest BCUT2D eigenvalue weighted by molar-refractivity contribution is 0.199. The van der Waals surface area contributed by atoms with E-state index in [9.17, 15) is 4.79 Å². The molecule has 1 aliphatic rings. The van der Waals surface area contributed by atoms with Crippen molar-refractivity contribution >= 4 is 22.0 Å². The van der Waals surface area contributed by atoms with Crippen LogP contribution in [0.2, 0.25) is 0 Å². The lowest BCUT2D eigenvalue weighted by atomic mass is 10.2. The molecule has 0 bridgehead atoms. The number of carbonyl (C=O) groups excluding carboxylic acids is 1. The normalized spacial score (nSPS) is 15.1. The topological polar surface area (TPSA) is 47.9 Å². The largest absolute Gasteiger partial charge is 0.493 e. The molecule has 0 unspecified atom stereocenters. The van der Waals surface area contributed by atoms with Gasteiger partial charge in [-0.25, -0.2) is 9.79 Å². The fourth-order valence-electron chi connectivity index (χ4n) is 2.28. The highest BCUT2D eigenvalue weighted by Gasteiger charge is 2.20. The number of ether oxygens (including phenoxy) is 2. The maximum absolute atomic E-state index is 10.2. The van der Waals surface area contributed by atoms with E-state index >= 15 is 0 Å². The molecule has 1 aromatic carbocycles. The van der Waals surface area contributed by atoms with Gasteiger partial charge in [-0.3, -0.25) is 0 Å². The molecule has 0 heterocycles. The highest BCUT2D eigenvalue weighted by Crippen LogP contribution is 2.39. The minimum atomic E-state index is 0.268. The Kier molecular flexibility index (Phi) is 5.00. The summed E-state index contributed by atoms with van der Waals surface area (Å²) in [7, 11) is 1.61. The molecule has 1 aromatic rings. The molecule has 0 radical (unpaired) electrons. The highest BCUT2D eigenvalue weighted by atomic mass is 79.9. The number of hydrogen-bond donors (Lipinski definition) is 0. The van der Waals surface area contributed by atoms with E-state index in [0.29, 0.717) is 12.3 Å². The van der Waals surface area contributed by atoms with E-state index in [0.717, 1.165) is 28.6 Å². The van der Waals surface area contributed by atoms with Gasteiger partial charge in [0.2, 0.25) is 6.08 Å². The van der Waals surface area contributed by atoms with Gasteiger partial charge in [0, 0.05) is 0 Å². The maximum Gasteiger partial charge on any atom is 0.235 e. The van der Waals surface area contributed by atoms with Crippen molar-refractivity contribution in [1.29, 1.82) is 0 Å². The first-order valence-electron chi connectivity index (χ1n) is 6.31. The SMILES string of the molecule is COc1cc(CN=C=O)cc(Br)c1OC1CCCC1. The van der Waals surface area contributed by atoms with Crippen molar-refractivity contribution in [2.75, 3.05) is 7.11 Å². The van der Waals surface area contributed by atoms with Crippen LogP contribution in [-0.2, 0) is 11.3 Å². The van der Waals surface area contributed by atoms with Gasteiger partial charge in [-0.1, -0.05) is 0 Å². The predicted octanol–water partition coefficient (Wildman–Crippen LogP) is 3.61. The van der Waals surface area contributed by atoms with Crippen molar-refractivity contribution in [1.82, 2.24) is 0 Å². The van der Waals surface area contributed by atoms with E-state index in [2.05, 4.69) is 20.9 Å². The molecular weight excluding hydrogens is 310 g/mol. The first-order valence-corrected chi connectivity index (χ1v) is 7.10. The van der Waals surface area contributed by atoms with Gasteiger partial charge in [0.05, 0.1) is 24.2 Å². The zero-order valence-corrected chi connectivity index (χ0v) is 12.4. The lowest BCUT2D eigenvalue weighted by Crippen LogP contribution is -2.12. The van der Waals surface area contributed by atoms with E-state index in [1.165, 1.54) is 18.9 Å². The number of isocyanates is 1. The maximum atomic E-state index is 10.2. The molecule has 0 saturated heterocycles. The molecule has 5 heteroatoms. The average Bonchev–Trinajstić information content (AvgIpc) is 2.91. The molecule has 1 aliphatic carbocycles. The number of benzene rings is 1. The molecule has 0 aromatic heterocycles. The Morgan fingerprint density at radius 2 is 2.16 bits per heavy atom. The second-order valence-electron chi connectivity index (χ2n) is 4.54. The van der Waals surface area contributed by atoms with Gasteiger partial charge < -0.3 is 9.47 Å². The zero-order valence-electron chi connectivity index (χ0n) is 10.8. The third-order valence-electron chi connectivity index (χ3n) is 3.20. The van der Waals surface area contributed by atoms with Crippen molar-refractivity contribution in [2.45, 2.75) is 38.3 Å². The average molecular weight is 326 g/mol. The molecule has 102 valence electrons. The number of methoxy groups -OCH3 is 1. The van der Waals surface area contributed by atoms with E-state index in [4.69, 9.17) is 9.47 Å². The Morgan fingerprint density at radius 1 is 1.42 bits per heavy atom. The molecule has 1 fully saturated rings. The summed E-state index contributed by atoms with van der Waals surface area (Å²) in [6.45, 7) is 0.294. The number of hydrogen-bond acceptors (Lipinski definition) is 4. The Balaban J connectivity index is 2.23. The first-order chi connectivity index (χ1) is 9.24. The summed E-state index contributed by atoms with van der Waals surface area (Å²) in [5.41, 5.74) is 0.880. The Morgan fingerprint density at radius 3 is 2.79 bits per heavy atom. The second kappa shape index (κ2) is 6.73. The summed E-state index contributed by atoms with van der Waals surface area (Å²) in [6, 6.07) is 3.74. The van der Waals surface area contributed by atoms with Crippen LogP contribution < -0.4 is 9.47 Å². The van der Waals surface area contributed by atoms with Gasteiger partial charge in [-0.15, -0.1) is 0 Å². The van der Waals surface area contributed by atoms with E-state index in [1.54, 1.807) is 7.11 Å². The van der Waals surface area contributed by atoms with Crippen LogP contribution >= 0.6 is 15.9 Å². The molecule has 1 saturated carbocycles. The third-order valence-corrected chi connectivity index (χ3v) is 3.79. The summed E-state index contributed by atoms with van der Waals surface area (Å²) < 4.78 is 12.2. The summed E-state index contributed by atoms with van der Waals surface area (Å²) in [5, 5.41) is 0. The van der Waals surface area contributed by atoms with E-state index in [-0.39, 0.29) is 6.10 Å². The second-order valence-corrected chi connectivity index (χ2v) is 5.40. The highest BCUT2D eigenvalue weighted by molar-refractivity contribution is 9.10. The summed E-state index contributed by atoms with van der Waals surface area (Å²) in [6.07, 6.45) is 6.42. The standard InChI is InChI=1S/C14H16BrNO3/c1-18-13-7-10(8-16-9-17)6-12(15)14(13)19-11-4-2-3-5-11/h6-7,11H,2-5,8H2,1H3. The molecule has 0 amide bonds. The molecule has 0 spiro atoms. The van der Waals surface area contributed by atoms with Crippen LogP contribution in [0, 0.1) is 0 Å². The number of rotatable bonds is 5. The molecule has 0 atom stereocenters. The molecule has 19 heavy (non-hydrogen) atoms. The van der Waals surface area contributed by atoms with Crippen molar-refractivity contribution in [3.05, 3.63) is 22.2 Å². The molecular formula is C14H16BrNO3.